The van der Waals surface area contributed by atoms with E-state index in [0.717, 1.165) is 18.4 Å². The largest absolute Gasteiger partial charge is 0.490 e. The summed E-state index contributed by atoms with van der Waals surface area (Å²) in [5.41, 5.74) is 2.96. The first kappa shape index (κ1) is 17.5. The van der Waals surface area contributed by atoms with Gasteiger partial charge in [0.2, 0.25) is 0 Å². The van der Waals surface area contributed by atoms with Crippen molar-refractivity contribution in [3.05, 3.63) is 35.4 Å². The molecule has 0 amide bonds. The molecule has 1 aromatic carbocycles. The third-order valence-corrected chi connectivity index (χ3v) is 3.65. The zero-order valence-electron chi connectivity index (χ0n) is 12.1. The number of carbonyl (C=O) groups is 1. The van der Waals surface area contributed by atoms with E-state index < -0.39 is 12.1 Å². The molecule has 2 N–H and O–H groups in total. The molecule has 1 aromatic rings. The zero-order valence-corrected chi connectivity index (χ0v) is 12.1. The maximum atomic E-state index is 10.6. The number of aliphatic carboxylic acids is 1. The molecule has 0 aromatic heterocycles. The number of carboxylic acids is 1. The Kier molecular flexibility index (Phi) is 6.20. The lowest BCUT2D eigenvalue weighted by atomic mass is 9.76. The molecule has 0 atom stereocenters. The number of hydrogen-bond donors (Lipinski definition) is 2. The van der Waals surface area contributed by atoms with Crippen LogP contribution in [0, 0.1) is 0 Å². The minimum atomic E-state index is -5.08. The van der Waals surface area contributed by atoms with Gasteiger partial charge in [0.15, 0.2) is 0 Å². The Balaban J connectivity index is 0.000000270. The van der Waals surface area contributed by atoms with E-state index in [4.69, 9.17) is 9.90 Å². The molecule has 1 fully saturated rings. The van der Waals surface area contributed by atoms with Gasteiger partial charge in [-0.25, -0.2) is 4.79 Å². The van der Waals surface area contributed by atoms with Crippen LogP contribution in [0.2, 0.25) is 0 Å². The number of halogens is 3. The molecule has 0 spiro atoms. The number of rotatable bonds is 3. The van der Waals surface area contributed by atoms with Gasteiger partial charge in [-0.15, -0.1) is 0 Å². The zero-order chi connectivity index (χ0) is 16.0. The average Bonchev–Trinajstić information content (AvgIpc) is 2.38. The molecular formula is C15H20F3NO2. The fourth-order valence-corrected chi connectivity index (χ4v) is 2.15. The molecule has 0 heterocycles. The van der Waals surface area contributed by atoms with E-state index in [1.54, 1.807) is 0 Å². The van der Waals surface area contributed by atoms with Gasteiger partial charge in [-0.1, -0.05) is 31.2 Å². The Morgan fingerprint density at radius 2 is 1.76 bits per heavy atom. The molecular weight excluding hydrogens is 283 g/mol. The molecule has 0 bridgehead atoms. The molecule has 0 aliphatic heterocycles. The van der Waals surface area contributed by atoms with E-state index in [1.165, 1.54) is 24.0 Å². The SMILES string of the molecule is CCc1ccc(C2CC(NC)C2)cc1.O=C(O)C(F)(F)F. The highest BCUT2D eigenvalue weighted by Gasteiger charge is 2.38. The van der Waals surface area contributed by atoms with Gasteiger partial charge in [0.1, 0.15) is 0 Å². The third kappa shape index (κ3) is 5.38. The number of carboxylic acid groups (broad SMARTS) is 1. The molecule has 1 saturated carbocycles. The Hall–Kier alpha value is -1.56. The van der Waals surface area contributed by atoms with Crippen molar-refractivity contribution in [2.75, 3.05) is 7.05 Å². The lowest BCUT2D eigenvalue weighted by molar-refractivity contribution is -0.192. The summed E-state index contributed by atoms with van der Waals surface area (Å²) in [7, 11) is 2.06. The van der Waals surface area contributed by atoms with E-state index >= 15 is 0 Å². The fourth-order valence-electron chi connectivity index (χ4n) is 2.15. The van der Waals surface area contributed by atoms with Crippen LogP contribution in [0.3, 0.4) is 0 Å². The predicted molar refractivity (Wildman–Crippen MR) is 74.3 cm³/mol. The van der Waals surface area contributed by atoms with E-state index in [9.17, 15) is 13.2 Å². The summed E-state index contributed by atoms with van der Waals surface area (Å²) in [4.78, 5) is 8.90. The van der Waals surface area contributed by atoms with Gasteiger partial charge in [-0.3, -0.25) is 0 Å². The van der Waals surface area contributed by atoms with Crippen molar-refractivity contribution >= 4 is 5.97 Å². The molecule has 0 saturated heterocycles. The van der Waals surface area contributed by atoms with Crippen LogP contribution >= 0.6 is 0 Å². The first-order chi connectivity index (χ1) is 9.77. The number of benzene rings is 1. The van der Waals surface area contributed by atoms with Crippen LogP contribution in [0.15, 0.2) is 24.3 Å². The van der Waals surface area contributed by atoms with Gasteiger partial charge in [0.25, 0.3) is 0 Å². The van der Waals surface area contributed by atoms with Gasteiger partial charge >= 0.3 is 12.1 Å². The summed E-state index contributed by atoms with van der Waals surface area (Å²) in [6.07, 6.45) is -1.33. The third-order valence-electron chi connectivity index (χ3n) is 3.65. The topological polar surface area (TPSA) is 49.3 Å². The van der Waals surface area contributed by atoms with Gasteiger partial charge in [-0.05, 0) is 43.4 Å². The second-order valence-electron chi connectivity index (χ2n) is 5.05. The van der Waals surface area contributed by atoms with Gasteiger partial charge < -0.3 is 10.4 Å². The molecule has 1 aliphatic rings. The Bertz CT molecular complexity index is 451. The minimum Gasteiger partial charge on any atom is -0.475 e. The Morgan fingerprint density at radius 3 is 2.10 bits per heavy atom. The molecule has 2 rings (SSSR count). The normalized spacial score (nSPS) is 21.0. The smallest absolute Gasteiger partial charge is 0.475 e. The van der Waals surface area contributed by atoms with Gasteiger partial charge in [0.05, 0.1) is 0 Å². The molecule has 1 aliphatic carbocycles. The Labute approximate surface area is 122 Å². The predicted octanol–water partition coefficient (Wildman–Crippen LogP) is 3.35. The maximum Gasteiger partial charge on any atom is 0.490 e. The monoisotopic (exact) mass is 303 g/mol. The minimum absolute atomic E-state index is 0.755. The molecule has 3 nitrogen and oxygen atoms in total. The number of hydrogen-bond acceptors (Lipinski definition) is 2. The summed E-state index contributed by atoms with van der Waals surface area (Å²) >= 11 is 0. The van der Waals surface area contributed by atoms with Crippen LogP contribution in [-0.4, -0.2) is 30.3 Å². The van der Waals surface area contributed by atoms with E-state index in [2.05, 4.69) is 43.6 Å². The van der Waals surface area contributed by atoms with Gasteiger partial charge in [-0.2, -0.15) is 13.2 Å². The number of alkyl halides is 3. The average molecular weight is 303 g/mol. The van der Waals surface area contributed by atoms with E-state index in [0.29, 0.717) is 0 Å². The summed E-state index contributed by atoms with van der Waals surface area (Å²) in [6, 6.07) is 9.89. The Morgan fingerprint density at radius 1 is 1.29 bits per heavy atom. The highest BCUT2D eigenvalue weighted by atomic mass is 19.4. The highest BCUT2D eigenvalue weighted by Crippen LogP contribution is 2.36. The van der Waals surface area contributed by atoms with Crippen LogP contribution in [-0.2, 0) is 11.2 Å². The number of aryl methyl sites for hydroxylation is 1. The second kappa shape index (κ2) is 7.45. The molecule has 118 valence electrons. The molecule has 0 unspecified atom stereocenters. The highest BCUT2D eigenvalue weighted by molar-refractivity contribution is 5.73. The van der Waals surface area contributed by atoms with Crippen LogP contribution in [0.1, 0.15) is 36.8 Å². The second-order valence-corrected chi connectivity index (χ2v) is 5.05. The van der Waals surface area contributed by atoms with Crippen LogP contribution < -0.4 is 5.32 Å². The lowest BCUT2D eigenvalue weighted by Crippen LogP contribution is -2.37. The molecule has 0 radical (unpaired) electrons. The summed E-state index contributed by atoms with van der Waals surface area (Å²) in [5.74, 6) is -1.95. The van der Waals surface area contributed by atoms with Crippen molar-refractivity contribution in [1.82, 2.24) is 5.32 Å². The van der Waals surface area contributed by atoms with E-state index in [1.807, 2.05) is 0 Å². The van der Waals surface area contributed by atoms with E-state index in [-0.39, 0.29) is 0 Å². The standard InChI is InChI=1S/C13H19N.C2HF3O2/c1-3-10-4-6-11(7-5-10)12-8-13(9-12)14-2;3-2(4,5)1(6)7/h4-7,12-14H,3,8-9H2,1-2H3;(H,6,7). The van der Waals surface area contributed by atoms with Crippen molar-refractivity contribution in [2.45, 2.75) is 44.3 Å². The summed E-state index contributed by atoms with van der Waals surface area (Å²) in [5, 5.41) is 10.4. The van der Waals surface area contributed by atoms with Crippen LogP contribution in [0.4, 0.5) is 13.2 Å². The summed E-state index contributed by atoms with van der Waals surface area (Å²) in [6.45, 7) is 2.20. The lowest BCUT2D eigenvalue weighted by Gasteiger charge is -2.35. The maximum absolute atomic E-state index is 10.6. The summed E-state index contributed by atoms with van der Waals surface area (Å²) < 4.78 is 31.7. The quantitative estimate of drug-likeness (QED) is 0.900. The number of nitrogens with one attached hydrogen (secondary N) is 1. The van der Waals surface area contributed by atoms with Gasteiger partial charge in [0, 0.05) is 6.04 Å². The molecule has 21 heavy (non-hydrogen) atoms. The molecule has 6 heteroatoms. The van der Waals surface area contributed by atoms with Crippen molar-refractivity contribution in [1.29, 1.82) is 0 Å². The first-order valence-electron chi connectivity index (χ1n) is 6.84. The first-order valence-corrected chi connectivity index (χ1v) is 6.84. The van der Waals surface area contributed by atoms with Crippen molar-refractivity contribution in [2.24, 2.45) is 0 Å². The van der Waals surface area contributed by atoms with Crippen LogP contribution in [0.5, 0.6) is 0 Å². The van der Waals surface area contributed by atoms with Crippen molar-refractivity contribution < 1.29 is 23.1 Å². The van der Waals surface area contributed by atoms with Crippen molar-refractivity contribution in [3.63, 3.8) is 0 Å². The van der Waals surface area contributed by atoms with Crippen LogP contribution in [0.25, 0.3) is 0 Å². The fraction of sp³-hybridized carbons (Fsp3) is 0.533. The van der Waals surface area contributed by atoms with Crippen molar-refractivity contribution in [3.8, 4) is 0 Å².